The highest BCUT2D eigenvalue weighted by molar-refractivity contribution is 7.10. The smallest absolute Gasteiger partial charge is 0.227 e. The van der Waals surface area contributed by atoms with Gasteiger partial charge < -0.3 is 10.2 Å². The highest BCUT2D eigenvalue weighted by atomic mass is 32.1. The van der Waals surface area contributed by atoms with E-state index in [0.29, 0.717) is 6.54 Å². The van der Waals surface area contributed by atoms with Crippen LogP contribution in [0.4, 0.5) is 0 Å². The summed E-state index contributed by atoms with van der Waals surface area (Å²) in [7, 11) is 4.11. The molecule has 124 valence electrons. The molecule has 1 amide bonds. The van der Waals surface area contributed by atoms with Gasteiger partial charge in [-0.05, 0) is 37.5 Å². The lowest BCUT2D eigenvalue weighted by atomic mass is 9.93. The van der Waals surface area contributed by atoms with Crippen LogP contribution in [0.5, 0.6) is 0 Å². The first-order valence-electron chi connectivity index (χ1n) is 8.16. The molecule has 0 unspecified atom stereocenters. The van der Waals surface area contributed by atoms with Gasteiger partial charge in [-0.1, -0.05) is 49.7 Å². The van der Waals surface area contributed by atoms with Crippen LogP contribution in [-0.2, 0) is 4.79 Å². The molecule has 2 atom stereocenters. The first-order valence-corrected chi connectivity index (χ1v) is 9.04. The number of carbonyl (C=O) groups is 1. The SMILES string of the molecule is CCC[C@H](C(=O)NC[C@@H](c1cccs1)N(C)C)c1ccccc1. The van der Waals surface area contributed by atoms with E-state index in [4.69, 9.17) is 0 Å². The summed E-state index contributed by atoms with van der Waals surface area (Å²) in [5.74, 6) is 0.0637. The Hall–Kier alpha value is -1.65. The first-order chi connectivity index (χ1) is 11.1. The average Bonchev–Trinajstić information content (AvgIpc) is 3.07. The van der Waals surface area contributed by atoms with E-state index < -0.39 is 0 Å². The number of amides is 1. The number of hydrogen-bond donors (Lipinski definition) is 1. The zero-order valence-electron chi connectivity index (χ0n) is 14.2. The predicted octanol–water partition coefficient (Wildman–Crippen LogP) is 4.05. The van der Waals surface area contributed by atoms with Crippen molar-refractivity contribution < 1.29 is 4.79 Å². The number of benzene rings is 1. The molecule has 0 saturated carbocycles. The van der Waals surface area contributed by atoms with Crippen LogP contribution in [0.15, 0.2) is 47.8 Å². The molecule has 3 nitrogen and oxygen atoms in total. The topological polar surface area (TPSA) is 32.3 Å². The van der Waals surface area contributed by atoms with Crippen molar-refractivity contribution in [2.75, 3.05) is 20.6 Å². The third-order valence-electron chi connectivity index (χ3n) is 4.06. The van der Waals surface area contributed by atoms with Crippen molar-refractivity contribution in [3.63, 3.8) is 0 Å². The Morgan fingerprint density at radius 3 is 2.48 bits per heavy atom. The predicted molar refractivity (Wildman–Crippen MR) is 97.8 cm³/mol. The van der Waals surface area contributed by atoms with Crippen LogP contribution in [0.25, 0.3) is 0 Å². The molecule has 1 heterocycles. The number of carbonyl (C=O) groups excluding carboxylic acids is 1. The fourth-order valence-corrected chi connectivity index (χ4v) is 3.68. The highest BCUT2D eigenvalue weighted by Crippen LogP contribution is 2.24. The maximum Gasteiger partial charge on any atom is 0.227 e. The second-order valence-electron chi connectivity index (χ2n) is 5.99. The molecule has 0 aliphatic heterocycles. The molecule has 0 spiro atoms. The number of thiophene rings is 1. The van der Waals surface area contributed by atoms with E-state index in [0.717, 1.165) is 18.4 Å². The lowest BCUT2D eigenvalue weighted by molar-refractivity contribution is -0.123. The minimum atomic E-state index is -0.0626. The molecule has 4 heteroatoms. The number of likely N-dealkylation sites (N-methyl/N-ethyl adjacent to an activating group) is 1. The second kappa shape index (κ2) is 8.85. The Bertz CT molecular complexity index is 581. The van der Waals surface area contributed by atoms with E-state index in [1.807, 2.05) is 30.3 Å². The second-order valence-corrected chi connectivity index (χ2v) is 6.97. The van der Waals surface area contributed by atoms with Crippen LogP contribution >= 0.6 is 11.3 Å². The third-order valence-corrected chi connectivity index (χ3v) is 5.03. The van der Waals surface area contributed by atoms with Crippen molar-refractivity contribution in [3.8, 4) is 0 Å². The molecule has 0 bridgehead atoms. The zero-order chi connectivity index (χ0) is 16.7. The molecule has 0 saturated heterocycles. The van der Waals surface area contributed by atoms with Gasteiger partial charge in [0, 0.05) is 11.4 Å². The van der Waals surface area contributed by atoms with Crippen LogP contribution < -0.4 is 5.32 Å². The first kappa shape index (κ1) is 17.7. The molecular weight excluding hydrogens is 304 g/mol. The Kier molecular flexibility index (Phi) is 6.81. The van der Waals surface area contributed by atoms with Crippen LogP contribution in [-0.4, -0.2) is 31.4 Å². The van der Waals surface area contributed by atoms with Gasteiger partial charge in [0.1, 0.15) is 0 Å². The summed E-state index contributed by atoms with van der Waals surface area (Å²) < 4.78 is 0. The van der Waals surface area contributed by atoms with E-state index >= 15 is 0 Å². The van der Waals surface area contributed by atoms with Crippen LogP contribution in [0.2, 0.25) is 0 Å². The lowest BCUT2D eigenvalue weighted by Crippen LogP contribution is -2.36. The minimum Gasteiger partial charge on any atom is -0.354 e. The zero-order valence-corrected chi connectivity index (χ0v) is 15.0. The Balaban J connectivity index is 2.03. The van der Waals surface area contributed by atoms with E-state index in [-0.39, 0.29) is 17.9 Å². The highest BCUT2D eigenvalue weighted by Gasteiger charge is 2.22. The average molecular weight is 330 g/mol. The molecule has 2 aromatic rings. The van der Waals surface area contributed by atoms with Crippen molar-refractivity contribution in [2.24, 2.45) is 0 Å². The van der Waals surface area contributed by atoms with E-state index in [1.165, 1.54) is 4.88 Å². The largest absolute Gasteiger partial charge is 0.354 e. The third kappa shape index (κ3) is 4.91. The molecule has 2 rings (SSSR count). The van der Waals surface area contributed by atoms with E-state index in [2.05, 4.69) is 48.7 Å². The summed E-state index contributed by atoms with van der Waals surface area (Å²) in [4.78, 5) is 16.1. The van der Waals surface area contributed by atoms with Gasteiger partial charge in [0.25, 0.3) is 0 Å². The number of rotatable bonds is 8. The molecule has 1 aromatic carbocycles. The van der Waals surface area contributed by atoms with Crippen LogP contribution in [0, 0.1) is 0 Å². The lowest BCUT2D eigenvalue weighted by Gasteiger charge is -2.25. The summed E-state index contributed by atoms with van der Waals surface area (Å²) in [6, 6.07) is 14.5. The van der Waals surface area contributed by atoms with Gasteiger partial charge in [-0.25, -0.2) is 0 Å². The van der Waals surface area contributed by atoms with Gasteiger partial charge in [0.15, 0.2) is 0 Å². The molecule has 0 radical (unpaired) electrons. The summed E-state index contributed by atoms with van der Waals surface area (Å²) in [6.07, 6.45) is 1.87. The van der Waals surface area contributed by atoms with Crippen molar-refractivity contribution >= 4 is 17.2 Å². The maximum absolute atomic E-state index is 12.7. The summed E-state index contributed by atoms with van der Waals surface area (Å²) in [6.45, 7) is 2.76. The van der Waals surface area contributed by atoms with Crippen molar-refractivity contribution in [2.45, 2.75) is 31.7 Å². The van der Waals surface area contributed by atoms with E-state index in [9.17, 15) is 4.79 Å². The van der Waals surface area contributed by atoms with Crippen molar-refractivity contribution in [1.82, 2.24) is 10.2 Å². The van der Waals surface area contributed by atoms with Crippen molar-refractivity contribution in [3.05, 3.63) is 58.3 Å². The quantitative estimate of drug-likeness (QED) is 0.792. The van der Waals surface area contributed by atoms with Gasteiger partial charge in [-0.3, -0.25) is 4.79 Å². The molecule has 0 aliphatic carbocycles. The Labute approximate surface area is 143 Å². The summed E-state index contributed by atoms with van der Waals surface area (Å²) in [5.41, 5.74) is 1.10. The fraction of sp³-hybridized carbons (Fsp3) is 0.421. The monoisotopic (exact) mass is 330 g/mol. The Morgan fingerprint density at radius 2 is 1.91 bits per heavy atom. The molecule has 23 heavy (non-hydrogen) atoms. The van der Waals surface area contributed by atoms with Crippen LogP contribution in [0.3, 0.4) is 0 Å². The summed E-state index contributed by atoms with van der Waals surface area (Å²) in [5, 5.41) is 5.24. The van der Waals surface area contributed by atoms with E-state index in [1.54, 1.807) is 11.3 Å². The molecule has 0 fully saturated rings. The molecule has 1 aromatic heterocycles. The standard InChI is InChI=1S/C19H26N2OS/c1-4-9-16(15-10-6-5-7-11-15)19(22)20-14-17(21(2)3)18-12-8-13-23-18/h5-8,10-13,16-17H,4,9,14H2,1-3H3,(H,20,22)/t16-,17-/m0/s1. The number of hydrogen-bond acceptors (Lipinski definition) is 3. The number of nitrogens with one attached hydrogen (secondary N) is 1. The minimum absolute atomic E-state index is 0.0626. The molecule has 0 aliphatic rings. The van der Waals surface area contributed by atoms with Crippen molar-refractivity contribution in [1.29, 1.82) is 0 Å². The van der Waals surface area contributed by atoms with Crippen LogP contribution in [0.1, 0.15) is 42.2 Å². The number of nitrogens with zero attached hydrogens (tertiary/aromatic N) is 1. The van der Waals surface area contributed by atoms with Gasteiger partial charge in [-0.15, -0.1) is 11.3 Å². The fourth-order valence-electron chi connectivity index (χ4n) is 2.76. The normalized spacial score (nSPS) is 13.7. The molecular formula is C19H26N2OS. The van der Waals surface area contributed by atoms with Gasteiger partial charge >= 0.3 is 0 Å². The maximum atomic E-state index is 12.7. The molecule has 1 N–H and O–H groups in total. The van der Waals surface area contributed by atoms with Gasteiger partial charge in [0.2, 0.25) is 5.91 Å². The van der Waals surface area contributed by atoms with Gasteiger partial charge in [0.05, 0.1) is 12.0 Å². The van der Waals surface area contributed by atoms with Gasteiger partial charge in [-0.2, -0.15) is 0 Å². The Morgan fingerprint density at radius 1 is 1.17 bits per heavy atom. The summed E-state index contributed by atoms with van der Waals surface area (Å²) >= 11 is 1.73.